The fourth-order valence-electron chi connectivity index (χ4n) is 1.20. The van der Waals surface area contributed by atoms with E-state index in [9.17, 15) is 4.79 Å². The molecule has 1 N–H and O–H groups in total. The van der Waals surface area contributed by atoms with Crippen LogP contribution in [0.2, 0.25) is 0 Å². The molecule has 5 heteroatoms. The van der Waals surface area contributed by atoms with Crippen LogP contribution in [0.25, 0.3) is 0 Å². The summed E-state index contributed by atoms with van der Waals surface area (Å²) in [4.78, 5) is 15.5. The van der Waals surface area contributed by atoms with Gasteiger partial charge in [0.05, 0.1) is 6.10 Å². The second kappa shape index (κ2) is 5.50. The van der Waals surface area contributed by atoms with Gasteiger partial charge in [-0.05, 0) is 13.8 Å². The molecule has 0 aliphatic rings. The highest BCUT2D eigenvalue weighted by Crippen LogP contribution is 1.95. The number of anilines is 1. The molecule has 84 valence electrons. The molecule has 0 spiro atoms. The average Bonchev–Trinajstić information content (AvgIpc) is 2.21. The Balaban J connectivity index is 2.58. The third-order valence-electron chi connectivity index (χ3n) is 2.02. The van der Waals surface area contributed by atoms with E-state index in [0.29, 0.717) is 19.0 Å². The van der Waals surface area contributed by atoms with Crippen molar-refractivity contribution in [2.45, 2.75) is 20.0 Å². The molecule has 1 unspecified atom stereocenters. The van der Waals surface area contributed by atoms with Crippen molar-refractivity contribution in [3.8, 4) is 0 Å². The minimum Gasteiger partial charge on any atom is -0.377 e. The van der Waals surface area contributed by atoms with E-state index in [4.69, 9.17) is 4.74 Å². The van der Waals surface area contributed by atoms with Gasteiger partial charge in [0, 0.05) is 32.6 Å². The standard InChI is InChI=1S/C10H17N3O2/c1-4-15-8(2)7-12-9-10(14)13(3)6-5-11-9/h5-6,8H,4,7H2,1-3H3,(H,11,12). The summed E-state index contributed by atoms with van der Waals surface area (Å²) in [5.41, 5.74) is -0.124. The molecule has 0 saturated carbocycles. The first-order chi connectivity index (χ1) is 7.15. The summed E-state index contributed by atoms with van der Waals surface area (Å²) in [5.74, 6) is 0.367. The number of ether oxygens (including phenoxy) is 1. The van der Waals surface area contributed by atoms with E-state index >= 15 is 0 Å². The lowest BCUT2D eigenvalue weighted by atomic mass is 10.4. The summed E-state index contributed by atoms with van der Waals surface area (Å²) in [5, 5.41) is 2.97. The SMILES string of the molecule is CCOC(C)CNc1nccn(C)c1=O. The lowest BCUT2D eigenvalue weighted by Crippen LogP contribution is -2.26. The molecule has 1 heterocycles. The van der Waals surface area contributed by atoms with Crippen LogP contribution in [0.4, 0.5) is 5.82 Å². The van der Waals surface area contributed by atoms with E-state index in [-0.39, 0.29) is 11.7 Å². The Morgan fingerprint density at radius 1 is 1.67 bits per heavy atom. The highest BCUT2D eigenvalue weighted by atomic mass is 16.5. The van der Waals surface area contributed by atoms with E-state index in [0.717, 1.165) is 0 Å². The van der Waals surface area contributed by atoms with Gasteiger partial charge in [-0.1, -0.05) is 0 Å². The van der Waals surface area contributed by atoms with Crippen molar-refractivity contribution in [1.82, 2.24) is 9.55 Å². The highest BCUT2D eigenvalue weighted by Gasteiger charge is 2.04. The number of rotatable bonds is 5. The van der Waals surface area contributed by atoms with Crippen molar-refractivity contribution in [2.24, 2.45) is 7.05 Å². The molecule has 1 aromatic heterocycles. The summed E-state index contributed by atoms with van der Waals surface area (Å²) in [6.07, 6.45) is 3.29. The highest BCUT2D eigenvalue weighted by molar-refractivity contribution is 5.30. The largest absolute Gasteiger partial charge is 0.377 e. The monoisotopic (exact) mass is 211 g/mol. The fraction of sp³-hybridized carbons (Fsp3) is 0.600. The van der Waals surface area contributed by atoms with E-state index in [1.807, 2.05) is 13.8 Å². The van der Waals surface area contributed by atoms with Gasteiger partial charge in [-0.15, -0.1) is 0 Å². The Bertz CT molecular complexity index is 362. The van der Waals surface area contributed by atoms with Gasteiger partial charge in [-0.25, -0.2) is 4.98 Å². The normalized spacial score (nSPS) is 12.5. The Kier molecular flexibility index (Phi) is 4.30. The van der Waals surface area contributed by atoms with Crippen molar-refractivity contribution in [2.75, 3.05) is 18.5 Å². The second-order valence-corrected chi connectivity index (χ2v) is 3.34. The zero-order chi connectivity index (χ0) is 11.3. The number of nitrogens with zero attached hydrogens (tertiary/aromatic N) is 2. The summed E-state index contributed by atoms with van der Waals surface area (Å²) in [7, 11) is 1.70. The minimum atomic E-state index is -0.124. The first-order valence-corrected chi connectivity index (χ1v) is 5.02. The molecule has 0 radical (unpaired) electrons. The summed E-state index contributed by atoms with van der Waals surface area (Å²) < 4.78 is 6.82. The number of aromatic nitrogens is 2. The maximum atomic E-state index is 11.5. The zero-order valence-electron chi connectivity index (χ0n) is 9.36. The molecule has 0 saturated heterocycles. The lowest BCUT2D eigenvalue weighted by molar-refractivity contribution is 0.0854. The Hall–Kier alpha value is -1.36. The van der Waals surface area contributed by atoms with Gasteiger partial charge < -0.3 is 14.6 Å². The molecule has 0 aromatic carbocycles. The molecule has 0 aliphatic carbocycles. The number of aryl methyl sites for hydroxylation is 1. The molecule has 5 nitrogen and oxygen atoms in total. The van der Waals surface area contributed by atoms with Gasteiger partial charge in [0.15, 0.2) is 5.82 Å². The van der Waals surface area contributed by atoms with E-state index in [2.05, 4.69) is 10.3 Å². The van der Waals surface area contributed by atoms with Crippen molar-refractivity contribution in [1.29, 1.82) is 0 Å². The summed E-state index contributed by atoms with van der Waals surface area (Å²) in [6, 6.07) is 0. The van der Waals surface area contributed by atoms with Crippen molar-refractivity contribution in [3.05, 3.63) is 22.7 Å². The second-order valence-electron chi connectivity index (χ2n) is 3.34. The van der Waals surface area contributed by atoms with E-state index in [1.165, 1.54) is 4.57 Å². The minimum absolute atomic E-state index is 0.0710. The van der Waals surface area contributed by atoms with E-state index in [1.54, 1.807) is 19.4 Å². The van der Waals surface area contributed by atoms with Crippen LogP contribution in [0.15, 0.2) is 17.2 Å². The van der Waals surface area contributed by atoms with Crippen LogP contribution >= 0.6 is 0 Å². The first kappa shape index (κ1) is 11.7. The Morgan fingerprint density at radius 2 is 2.40 bits per heavy atom. The van der Waals surface area contributed by atoms with Gasteiger partial charge in [-0.3, -0.25) is 4.79 Å². The van der Waals surface area contributed by atoms with Gasteiger partial charge in [-0.2, -0.15) is 0 Å². The van der Waals surface area contributed by atoms with Crippen molar-refractivity contribution < 1.29 is 4.74 Å². The van der Waals surface area contributed by atoms with E-state index < -0.39 is 0 Å². The molecule has 0 fully saturated rings. The smallest absolute Gasteiger partial charge is 0.293 e. The lowest BCUT2D eigenvalue weighted by Gasteiger charge is -2.12. The topological polar surface area (TPSA) is 56.1 Å². The Morgan fingerprint density at radius 3 is 3.07 bits per heavy atom. The Labute approximate surface area is 89.1 Å². The molecule has 1 aromatic rings. The van der Waals surface area contributed by atoms with Crippen LogP contribution in [0, 0.1) is 0 Å². The fourth-order valence-corrected chi connectivity index (χ4v) is 1.20. The zero-order valence-corrected chi connectivity index (χ0v) is 9.36. The average molecular weight is 211 g/mol. The third kappa shape index (κ3) is 3.36. The van der Waals surface area contributed by atoms with Gasteiger partial charge >= 0.3 is 0 Å². The molecule has 15 heavy (non-hydrogen) atoms. The van der Waals surface area contributed by atoms with Crippen molar-refractivity contribution in [3.63, 3.8) is 0 Å². The third-order valence-corrected chi connectivity index (χ3v) is 2.02. The first-order valence-electron chi connectivity index (χ1n) is 5.02. The quantitative estimate of drug-likeness (QED) is 0.775. The van der Waals surface area contributed by atoms with Crippen LogP contribution in [-0.2, 0) is 11.8 Å². The maximum absolute atomic E-state index is 11.5. The number of hydrogen-bond acceptors (Lipinski definition) is 4. The van der Waals surface area contributed by atoms with Crippen LogP contribution in [0.3, 0.4) is 0 Å². The van der Waals surface area contributed by atoms with Crippen LogP contribution in [0.1, 0.15) is 13.8 Å². The number of hydrogen-bond donors (Lipinski definition) is 1. The summed E-state index contributed by atoms with van der Waals surface area (Å²) in [6.45, 7) is 5.14. The summed E-state index contributed by atoms with van der Waals surface area (Å²) >= 11 is 0. The van der Waals surface area contributed by atoms with Crippen LogP contribution < -0.4 is 10.9 Å². The van der Waals surface area contributed by atoms with Crippen LogP contribution in [0.5, 0.6) is 0 Å². The maximum Gasteiger partial charge on any atom is 0.293 e. The van der Waals surface area contributed by atoms with Gasteiger partial charge in [0.1, 0.15) is 0 Å². The van der Waals surface area contributed by atoms with Crippen molar-refractivity contribution >= 4 is 5.82 Å². The molecule has 0 aliphatic heterocycles. The molecular weight excluding hydrogens is 194 g/mol. The predicted molar refractivity (Wildman–Crippen MR) is 59.1 cm³/mol. The molecule has 0 amide bonds. The van der Waals surface area contributed by atoms with Crippen LogP contribution in [-0.4, -0.2) is 28.8 Å². The molecular formula is C10H17N3O2. The number of nitrogens with one attached hydrogen (secondary N) is 1. The molecule has 1 rings (SSSR count). The molecule has 0 bridgehead atoms. The predicted octanol–water partition coefficient (Wildman–Crippen LogP) is 0.617. The van der Waals surface area contributed by atoms with Gasteiger partial charge in [0.2, 0.25) is 0 Å². The molecule has 1 atom stereocenters. The van der Waals surface area contributed by atoms with Gasteiger partial charge in [0.25, 0.3) is 5.56 Å².